The van der Waals surface area contributed by atoms with E-state index < -0.39 is 11.9 Å². The molecule has 0 radical (unpaired) electrons. The number of amides is 2. The van der Waals surface area contributed by atoms with E-state index in [1.165, 1.54) is 11.1 Å². The summed E-state index contributed by atoms with van der Waals surface area (Å²) in [4.78, 5) is 23.6. The molecule has 3 rings (SSSR count). The molecule has 0 saturated carbocycles. The molecule has 0 aliphatic heterocycles. The van der Waals surface area contributed by atoms with Gasteiger partial charge in [0.1, 0.15) is 6.04 Å². The van der Waals surface area contributed by atoms with E-state index >= 15 is 0 Å². The van der Waals surface area contributed by atoms with Crippen molar-refractivity contribution < 1.29 is 9.59 Å². The Labute approximate surface area is 165 Å². The van der Waals surface area contributed by atoms with E-state index in [2.05, 4.69) is 33.9 Å². The number of carbonyl (C=O) groups excluding carboxylic acids is 2. The average molecular weight is 381 g/mol. The predicted octanol–water partition coefficient (Wildman–Crippen LogP) is 1.76. The van der Waals surface area contributed by atoms with E-state index in [0.29, 0.717) is 19.4 Å². The van der Waals surface area contributed by atoms with Crippen LogP contribution in [0, 0.1) is 5.92 Å². The largest absolute Gasteiger partial charge is 0.368 e. The number of rotatable bonds is 7. The maximum atomic E-state index is 12.2. The monoisotopic (exact) mass is 381 g/mol. The summed E-state index contributed by atoms with van der Waals surface area (Å²) in [6.07, 6.45) is 15.0. The van der Waals surface area contributed by atoms with Crippen LogP contribution in [0.2, 0.25) is 0 Å². The fourth-order valence-corrected chi connectivity index (χ4v) is 3.44. The van der Waals surface area contributed by atoms with Gasteiger partial charge in [-0.05, 0) is 23.5 Å². The van der Waals surface area contributed by atoms with Crippen molar-refractivity contribution in [3.63, 3.8) is 0 Å². The van der Waals surface area contributed by atoms with Crippen molar-refractivity contribution in [2.24, 2.45) is 11.7 Å². The number of nitrogens with one attached hydrogen (secondary N) is 1. The van der Waals surface area contributed by atoms with Gasteiger partial charge in [-0.15, -0.1) is 5.10 Å². The number of allylic oxidation sites excluding steroid dienone is 8. The molecule has 2 bridgehead atoms. The zero-order valence-corrected chi connectivity index (χ0v) is 16.4. The Morgan fingerprint density at radius 1 is 1.21 bits per heavy atom. The number of hydrogen-bond acceptors (Lipinski definition) is 4. The zero-order chi connectivity index (χ0) is 20.1. The summed E-state index contributed by atoms with van der Waals surface area (Å²) in [7, 11) is 0. The third-order valence-electron chi connectivity index (χ3n) is 4.94. The second-order valence-corrected chi connectivity index (χ2v) is 7.56. The summed E-state index contributed by atoms with van der Waals surface area (Å²) >= 11 is 0. The second-order valence-electron chi connectivity index (χ2n) is 7.56. The first kappa shape index (κ1) is 19.8. The van der Waals surface area contributed by atoms with Crippen LogP contribution in [0.15, 0.2) is 47.6 Å². The summed E-state index contributed by atoms with van der Waals surface area (Å²) in [5.41, 5.74) is 9.87. The Bertz CT molecular complexity index is 873. The number of carbonyl (C=O) groups is 2. The van der Waals surface area contributed by atoms with Crippen molar-refractivity contribution in [3.05, 3.63) is 59.0 Å². The topological polar surface area (TPSA) is 103 Å². The van der Waals surface area contributed by atoms with Gasteiger partial charge in [0.2, 0.25) is 11.8 Å². The van der Waals surface area contributed by atoms with Crippen LogP contribution in [-0.4, -0.2) is 32.9 Å². The molecule has 0 saturated heterocycles. The van der Waals surface area contributed by atoms with Crippen molar-refractivity contribution in [1.29, 1.82) is 0 Å². The lowest BCUT2D eigenvalue weighted by Gasteiger charge is -2.18. The van der Waals surface area contributed by atoms with Gasteiger partial charge in [-0.1, -0.05) is 55.5 Å². The summed E-state index contributed by atoms with van der Waals surface area (Å²) in [5, 5.41) is 11.4. The van der Waals surface area contributed by atoms with Gasteiger partial charge >= 0.3 is 0 Å². The number of nitrogens with two attached hydrogens (primary N) is 1. The molecule has 1 atom stereocenters. The highest BCUT2D eigenvalue weighted by Gasteiger charge is 2.22. The van der Waals surface area contributed by atoms with Crippen molar-refractivity contribution in [3.8, 4) is 0 Å². The van der Waals surface area contributed by atoms with Gasteiger partial charge in [0.25, 0.3) is 0 Å². The third kappa shape index (κ3) is 4.85. The SMILES string of the molecule is CC(C)[C@H](NC(=O)CCCn1nnc2c1C/C1=C/C=C\C=C/C(=C1)C2)C(N)=O. The molecule has 0 spiro atoms. The predicted molar refractivity (Wildman–Crippen MR) is 107 cm³/mol. The average Bonchev–Trinajstić information content (AvgIpc) is 2.86. The Hall–Kier alpha value is -2.96. The maximum Gasteiger partial charge on any atom is 0.240 e. The van der Waals surface area contributed by atoms with Crippen molar-refractivity contribution >= 4 is 11.8 Å². The molecule has 0 fully saturated rings. The zero-order valence-electron chi connectivity index (χ0n) is 16.4. The molecule has 2 aliphatic rings. The Balaban J connectivity index is 1.61. The van der Waals surface area contributed by atoms with Gasteiger partial charge in [-0.25, -0.2) is 4.68 Å². The molecule has 28 heavy (non-hydrogen) atoms. The lowest BCUT2D eigenvalue weighted by molar-refractivity contribution is -0.128. The van der Waals surface area contributed by atoms with Crippen LogP contribution in [0.4, 0.5) is 0 Å². The van der Waals surface area contributed by atoms with E-state index in [-0.39, 0.29) is 11.8 Å². The number of aromatic nitrogens is 3. The fraction of sp³-hybridized carbons (Fsp3) is 0.429. The van der Waals surface area contributed by atoms with E-state index in [0.717, 1.165) is 24.2 Å². The molecule has 2 aliphatic carbocycles. The lowest BCUT2D eigenvalue weighted by Crippen LogP contribution is -2.47. The number of nitrogens with zero attached hydrogens (tertiary/aromatic N) is 3. The first-order valence-corrected chi connectivity index (χ1v) is 9.68. The first-order chi connectivity index (χ1) is 13.4. The Morgan fingerprint density at radius 2 is 2.04 bits per heavy atom. The standard InChI is InChI=1S/C21H27N5O2/c1-14(2)20(21(22)28)23-19(27)9-6-10-26-18-13-16-8-5-3-4-7-15(11-16)12-17(18)24-25-26/h3-5,7-8,11,14,20H,6,9-10,12-13H2,1-2H3,(H2,22,28)(H,23,27)/b4-3?,5-3-,7-4-,8-5?,15-7?,16-8+/t20-/m0/s1. The highest BCUT2D eigenvalue weighted by atomic mass is 16.2. The first-order valence-electron chi connectivity index (χ1n) is 9.68. The molecule has 1 aromatic heterocycles. The second kappa shape index (κ2) is 8.82. The quantitative estimate of drug-likeness (QED) is 0.751. The van der Waals surface area contributed by atoms with Crippen LogP contribution < -0.4 is 11.1 Å². The summed E-state index contributed by atoms with van der Waals surface area (Å²) < 4.78 is 1.90. The smallest absolute Gasteiger partial charge is 0.240 e. The highest BCUT2D eigenvalue weighted by molar-refractivity contribution is 5.86. The van der Waals surface area contributed by atoms with E-state index in [4.69, 9.17) is 5.73 Å². The number of aryl methyl sites for hydroxylation is 1. The molecule has 1 aromatic rings. The summed E-state index contributed by atoms with van der Waals surface area (Å²) in [5.74, 6) is -0.715. The maximum absolute atomic E-state index is 12.2. The van der Waals surface area contributed by atoms with Crippen molar-refractivity contribution in [2.45, 2.75) is 52.1 Å². The minimum absolute atomic E-state index is 0.0369. The van der Waals surface area contributed by atoms with Gasteiger partial charge in [-0.3, -0.25) is 9.59 Å². The molecule has 7 nitrogen and oxygen atoms in total. The normalized spacial score (nSPS) is 20.5. The van der Waals surface area contributed by atoms with Crippen LogP contribution in [-0.2, 0) is 29.0 Å². The Kier molecular flexibility index (Phi) is 6.23. The van der Waals surface area contributed by atoms with E-state index in [1.807, 2.05) is 36.8 Å². The summed E-state index contributed by atoms with van der Waals surface area (Å²) in [6.45, 7) is 4.32. The minimum atomic E-state index is -0.636. The molecule has 0 unspecified atom stereocenters. The van der Waals surface area contributed by atoms with Gasteiger partial charge in [0.05, 0.1) is 11.4 Å². The molecule has 148 valence electrons. The van der Waals surface area contributed by atoms with Crippen LogP contribution in [0.3, 0.4) is 0 Å². The van der Waals surface area contributed by atoms with Gasteiger partial charge in [0, 0.05) is 25.8 Å². The third-order valence-corrected chi connectivity index (χ3v) is 4.94. The molecule has 1 heterocycles. The number of fused-ring (bicyclic) bond motifs is 2. The molecule has 0 aromatic carbocycles. The molecular weight excluding hydrogens is 354 g/mol. The van der Waals surface area contributed by atoms with E-state index in [1.54, 1.807) is 0 Å². The van der Waals surface area contributed by atoms with Crippen LogP contribution in [0.5, 0.6) is 0 Å². The number of primary amides is 1. The fourth-order valence-electron chi connectivity index (χ4n) is 3.44. The molecule has 3 N–H and O–H groups in total. The van der Waals surface area contributed by atoms with Crippen LogP contribution in [0.25, 0.3) is 0 Å². The van der Waals surface area contributed by atoms with Crippen LogP contribution >= 0.6 is 0 Å². The van der Waals surface area contributed by atoms with E-state index in [9.17, 15) is 9.59 Å². The number of hydrogen-bond donors (Lipinski definition) is 2. The van der Waals surface area contributed by atoms with Crippen molar-refractivity contribution in [1.82, 2.24) is 20.3 Å². The molecule has 2 amide bonds. The Morgan fingerprint density at radius 3 is 2.79 bits per heavy atom. The molecule has 7 heteroatoms. The summed E-state index contributed by atoms with van der Waals surface area (Å²) in [6, 6.07) is -0.636. The van der Waals surface area contributed by atoms with Crippen LogP contribution in [0.1, 0.15) is 38.1 Å². The highest BCUT2D eigenvalue weighted by Crippen LogP contribution is 2.24. The lowest BCUT2D eigenvalue weighted by atomic mass is 10.0. The molecular formula is C21H27N5O2. The van der Waals surface area contributed by atoms with Gasteiger partial charge in [0.15, 0.2) is 0 Å². The minimum Gasteiger partial charge on any atom is -0.368 e. The van der Waals surface area contributed by atoms with Gasteiger partial charge in [-0.2, -0.15) is 0 Å². The van der Waals surface area contributed by atoms with Crippen molar-refractivity contribution in [2.75, 3.05) is 0 Å². The van der Waals surface area contributed by atoms with Gasteiger partial charge < -0.3 is 11.1 Å².